The van der Waals surface area contributed by atoms with Crippen LogP contribution in [0.15, 0.2) is 48.6 Å². The number of anilines is 1. The Balaban J connectivity index is 1.16. The summed E-state index contributed by atoms with van der Waals surface area (Å²) in [4.78, 5) is 21.8. The third-order valence-electron chi connectivity index (χ3n) is 14.5. The SMILES string of the molecule is CO[C@]1(CN2CCN3CCCC[C@@H]3C2)/C=C/C[C@H](C)[C@@H](CC2CCC2)S(=O)(=O)NC(=O)c2ccc3c(c2)N(CCCCc2cc(Cl)ccc2CO3)C[C@@H]2CC[C@H]21. The Morgan fingerprint density at radius 1 is 0.929 bits per heavy atom. The number of aryl methyl sites for hydroxylation is 1. The number of carbonyl (C=O) groups is 1. The third-order valence-corrected chi connectivity index (χ3v) is 16.6. The second-order valence-electron chi connectivity index (χ2n) is 18.0. The number of nitrogens with zero attached hydrogens (tertiary/aromatic N) is 3. The first-order chi connectivity index (χ1) is 27.1. The van der Waals surface area contributed by atoms with Gasteiger partial charge in [-0.25, -0.2) is 13.1 Å². The Morgan fingerprint density at radius 2 is 1.79 bits per heavy atom. The van der Waals surface area contributed by atoms with E-state index in [0.29, 0.717) is 54.6 Å². The van der Waals surface area contributed by atoms with Gasteiger partial charge < -0.3 is 14.4 Å². The van der Waals surface area contributed by atoms with Crippen LogP contribution in [0.5, 0.6) is 5.75 Å². The van der Waals surface area contributed by atoms with Crippen LogP contribution in [0.4, 0.5) is 5.69 Å². The molecule has 6 aliphatic rings. The molecule has 8 rings (SSSR count). The van der Waals surface area contributed by atoms with E-state index in [1.165, 1.54) is 31.4 Å². The molecule has 4 heterocycles. The van der Waals surface area contributed by atoms with Crippen LogP contribution < -0.4 is 14.4 Å². The average Bonchev–Trinajstić information content (AvgIpc) is 3.18. The van der Waals surface area contributed by atoms with Crippen molar-refractivity contribution in [3.05, 3.63) is 70.3 Å². The first kappa shape index (κ1) is 40.2. The molecule has 2 aromatic rings. The minimum absolute atomic E-state index is 0.170. The van der Waals surface area contributed by atoms with Gasteiger partial charge in [-0.3, -0.25) is 14.6 Å². The second-order valence-corrected chi connectivity index (χ2v) is 20.3. The predicted molar refractivity (Wildman–Crippen MR) is 224 cm³/mol. The fourth-order valence-corrected chi connectivity index (χ4v) is 12.7. The maximum Gasteiger partial charge on any atom is 0.264 e. The lowest BCUT2D eigenvalue weighted by molar-refractivity contribution is -0.1000. The maximum absolute atomic E-state index is 14.3. The standard InChI is InChI=1S/C45H63ClN4O5S/c1-32-9-8-20-45(54-2,31-48-23-24-49-21-6-4-13-39(49)29-48)40-18-15-36(40)28-50-22-5-3-12-34-26-38(46)17-14-37(34)30-55-42-19-16-35(27-41(42)50)44(51)47-56(52,53)43(32)25-33-10-7-11-33/h8,14,16-17,19-20,26-27,32-33,36,39-40,43H,3-7,9-13,15,18,21-25,28-31H2,1-2H3,(H,47,51)/b20-8+/t32-,36-,39+,40+,43+,45-/m0/s1. The predicted octanol–water partition coefficient (Wildman–Crippen LogP) is 7.86. The highest BCUT2D eigenvalue weighted by Gasteiger charge is 2.49. The van der Waals surface area contributed by atoms with Crippen molar-refractivity contribution in [2.75, 3.05) is 57.8 Å². The fraction of sp³-hybridized carbons (Fsp3) is 0.667. The fourth-order valence-electron chi connectivity index (χ4n) is 10.7. The quantitative estimate of drug-likeness (QED) is 0.306. The van der Waals surface area contributed by atoms with Crippen molar-refractivity contribution in [1.82, 2.24) is 14.5 Å². The zero-order valence-electron chi connectivity index (χ0n) is 33.6. The molecule has 6 atom stereocenters. The van der Waals surface area contributed by atoms with E-state index in [1.54, 1.807) is 6.07 Å². The molecule has 2 saturated heterocycles. The van der Waals surface area contributed by atoms with E-state index in [-0.39, 0.29) is 5.92 Å². The highest BCUT2D eigenvalue weighted by molar-refractivity contribution is 7.90. The number of piperidine rings is 1. The van der Waals surface area contributed by atoms with Crippen LogP contribution in [0.3, 0.4) is 0 Å². The lowest BCUT2D eigenvalue weighted by Crippen LogP contribution is -2.61. The summed E-state index contributed by atoms with van der Waals surface area (Å²) >= 11 is 6.45. The Bertz CT molecular complexity index is 1850. The van der Waals surface area contributed by atoms with E-state index in [1.807, 2.05) is 32.2 Å². The maximum atomic E-state index is 14.3. The number of benzene rings is 2. The smallest absolute Gasteiger partial charge is 0.264 e. The van der Waals surface area contributed by atoms with Gasteiger partial charge in [-0.1, -0.05) is 62.4 Å². The first-order valence-electron chi connectivity index (χ1n) is 21.6. The summed E-state index contributed by atoms with van der Waals surface area (Å²) in [6.45, 7) is 9.29. The Morgan fingerprint density at radius 3 is 2.57 bits per heavy atom. The molecular formula is C45H63ClN4O5S. The Kier molecular flexibility index (Phi) is 12.4. The topological polar surface area (TPSA) is 91.4 Å². The van der Waals surface area contributed by atoms with Crippen molar-refractivity contribution in [1.29, 1.82) is 0 Å². The summed E-state index contributed by atoms with van der Waals surface area (Å²) in [5, 5.41) is 0.0580. The van der Waals surface area contributed by atoms with Gasteiger partial charge in [0.1, 0.15) is 18.0 Å². The van der Waals surface area contributed by atoms with E-state index in [0.717, 1.165) is 107 Å². The molecule has 306 valence electrons. The van der Waals surface area contributed by atoms with E-state index in [9.17, 15) is 13.2 Å². The Hall–Kier alpha value is -2.63. The van der Waals surface area contributed by atoms with E-state index in [2.05, 4.69) is 43.7 Å². The summed E-state index contributed by atoms with van der Waals surface area (Å²) in [6.07, 6.45) is 17.9. The van der Waals surface area contributed by atoms with Crippen molar-refractivity contribution in [2.24, 2.45) is 23.7 Å². The number of amides is 1. The van der Waals surface area contributed by atoms with Crippen molar-refractivity contribution < 1.29 is 22.7 Å². The minimum Gasteiger partial charge on any atom is -0.487 e. The summed E-state index contributed by atoms with van der Waals surface area (Å²) in [5.41, 5.74) is 2.99. The number of sulfonamides is 1. The molecular weight excluding hydrogens is 744 g/mol. The molecule has 0 aromatic heterocycles. The molecule has 2 aromatic carbocycles. The van der Waals surface area contributed by atoms with Crippen LogP contribution in [-0.4, -0.2) is 93.9 Å². The molecule has 1 N–H and O–H groups in total. The molecule has 0 unspecified atom stereocenters. The zero-order valence-corrected chi connectivity index (χ0v) is 35.2. The normalized spacial score (nSPS) is 32.5. The van der Waals surface area contributed by atoms with Gasteiger partial charge in [0.25, 0.3) is 5.91 Å². The van der Waals surface area contributed by atoms with Gasteiger partial charge in [-0.05, 0) is 129 Å². The first-order valence-corrected chi connectivity index (χ1v) is 23.6. The van der Waals surface area contributed by atoms with Crippen LogP contribution in [0.1, 0.15) is 105 Å². The molecule has 0 spiro atoms. The van der Waals surface area contributed by atoms with Crippen molar-refractivity contribution in [3.8, 4) is 5.75 Å². The highest BCUT2D eigenvalue weighted by Crippen LogP contribution is 2.47. The number of allylic oxidation sites excluding steroid dienone is 1. The lowest BCUT2D eigenvalue weighted by atomic mass is 9.63. The summed E-state index contributed by atoms with van der Waals surface area (Å²) in [5.74, 6) is 0.996. The van der Waals surface area contributed by atoms with Gasteiger partial charge in [-0.2, -0.15) is 0 Å². The van der Waals surface area contributed by atoms with Gasteiger partial charge >= 0.3 is 0 Å². The number of carbonyl (C=O) groups excluding carboxylic acids is 1. The number of ether oxygens (including phenoxy) is 2. The molecule has 4 aliphatic heterocycles. The van der Waals surface area contributed by atoms with Crippen LogP contribution in [0.2, 0.25) is 5.02 Å². The number of rotatable bonds is 5. The number of piperazine rings is 1. The molecule has 11 heteroatoms. The van der Waals surface area contributed by atoms with E-state index >= 15 is 0 Å². The number of halogens is 1. The van der Waals surface area contributed by atoms with Crippen molar-refractivity contribution >= 4 is 33.2 Å². The van der Waals surface area contributed by atoms with E-state index in [4.69, 9.17) is 21.1 Å². The zero-order chi connectivity index (χ0) is 38.9. The summed E-state index contributed by atoms with van der Waals surface area (Å²) in [6, 6.07) is 12.1. The molecule has 2 saturated carbocycles. The van der Waals surface area contributed by atoms with Crippen LogP contribution >= 0.6 is 11.6 Å². The number of hydrogen-bond donors (Lipinski definition) is 1. The number of nitrogens with one attached hydrogen (secondary N) is 1. The van der Waals surface area contributed by atoms with Gasteiger partial charge in [0.15, 0.2) is 0 Å². The van der Waals surface area contributed by atoms with E-state index < -0.39 is 26.8 Å². The molecule has 1 amide bonds. The largest absolute Gasteiger partial charge is 0.487 e. The number of hydrogen-bond acceptors (Lipinski definition) is 8. The molecule has 9 nitrogen and oxygen atoms in total. The second kappa shape index (κ2) is 17.3. The van der Waals surface area contributed by atoms with Gasteiger partial charge in [0.05, 0.1) is 10.9 Å². The van der Waals surface area contributed by atoms with Crippen LogP contribution in [0, 0.1) is 23.7 Å². The molecule has 56 heavy (non-hydrogen) atoms. The minimum atomic E-state index is -3.98. The molecule has 2 bridgehead atoms. The van der Waals surface area contributed by atoms with Gasteiger partial charge in [0.2, 0.25) is 10.0 Å². The molecule has 0 radical (unpaired) electrons. The van der Waals surface area contributed by atoms with Crippen LogP contribution in [0.25, 0.3) is 0 Å². The van der Waals surface area contributed by atoms with Crippen molar-refractivity contribution in [2.45, 2.75) is 114 Å². The highest BCUT2D eigenvalue weighted by atomic mass is 35.5. The van der Waals surface area contributed by atoms with Crippen LogP contribution in [-0.2, 0) is 27.8 Å². The number of fused-ring (bicyclic) bond motifs is 4. The summed E-state index contributed by atoms with van der Waals surface area (Å²) in [7, 11) is -2.09. The monoisotopic (exact) mass is 806 g/mol. The van der Waals surface area contributed by atoms with Gasteiger partial charge in [-0.15, -0.1) is 0 Å². The van der Waals surface area contributed by atoms with Crippen molar-refractivity contribution in [3.63, 3.8) is 0 Å². The Labute approximate surface area is 340 Å². The number of methoxy groups -OCH3 is 1. The molecule has 2 aliphatic carbocycles. The molecule has 4 fully saturated rings. The summed E-state index contributed by atoms with van der Waals surface area (Å²) < 4.78 is 44.5. The van der Waals surface area contributed by atoms with Gasteiger partial charge in [0, 0.05) is 63.0 Å². The average molecular weight is 808 g/mol. The third kappa shape index (κ3) is 8.70. The lowest BCUT2D eigenvalue weighted by Gasteiger charge is -2.53.